The van der Waals surface area contributed by atoms with Crippen LogP contribution in [0.3, 0.4) is 0 Å². The van der Waals surface area contributed by atoms with Crippen LogP contribution in [0.5, 0.6) is 0 Å². The highest BCUT2D eigenvalue weighted by Crippen LogP contribution is 2.33. The molecule has 0 radical (unpaired) electrons. The Hall–Kier alpha value is 0.290. The van der Waals surface area contributed by atoms with Gasteiger partial charge in [-0.1, -0.05) is 194 Å². The maximum atomic E-state index is 6.81. The van der Waals surface area contributed by atoms with Crippen LogP contribution in [-0.2, 0) is 0 Å². The van der Waals surface area contributed by atoms with Gasteiger partial charge in [0.25, 0.3) is 0 Å². The van der Waals surface area contributed by atoms with Crippen LogP contribution >= 0.6 is 11.6 Å². The summed E-state index contributed by atoms with van der Waals surface area (Å²) in [6.45, 7) is 9.12. The zero-order valence-corrected chi connectivity index (χ0v) is 27.4. The Kier molecular flexibility index (Phi) is 29.5. The van der Waals surface area contributed by atoms with Crippen molar-refractivity contribution in [1.29, 1.82) is 0 Å². The first kappa shape index (κ1) is 37.3. The van der Waals surface area contributed by atoms with Gasteiger partial charge in [0.05, 0.1) is 0 Å². The largest absolute Gasteiger partial charge is 0.120 e. The second kappa shape index (κ2) is 29.3. The third-order valence-electron chi connectivity index (χ3n) is 8.78. The molecule has 1 atom stereocenters. The zero-order valence-electron chi connectivity index (χ0n) is 26.7. The van der Waals surface area contributed by atoms with E-state index < -0.39 is 0 Å². The molecule has 0 heterocycles. The molecule has 0 aromatic heterocycles. The van der Waals surface area contributed by atoms with Gasteiger partial charge in [0, 0.05) is 4.87 Å². The molecule has 0 N–H and O–H groups in total. The molecule has 1 unspecified atom stereocenters. The summed E-state index contributed by atoms with van der Waals surface area (Å²) in [5, 5.41) is 0. The average Bonchev–Trinajstić information content (AvgIpc) is 2.87. The number of hydrogen-bond donors (Lipinski definition) is 0. The van der Waals surface area contributed by atoms with Crippen molar-refractivity contribution in [2.45, 2.75) is 225 Å². The minimum Gasteiger partial charge on any atom is -0.120 e. The van der Waals surface area contributed by atoms with Gasteiger partial charge < -0.3 is 0 Å². The summed E-state index contributed by atoms with van der Waals surface area (Å²) >= 11 is 6.81. The summed E-state index contributed by atoms with van der Waals surface area (Å²) in [7, 11) is 0. The van der Waals surface area contributed by atoms with Crippen molar-refractivity contribution in [3.05, 3.63) is 0 Å². The molecule has 0 aliphatic carbocycles. The lowest BCUT2D eigenvalue weighted by atomic mass is 9.85. The van der Waals surface area contributed by atoms with E-state index in [2.05, 4.69) is 27.7 Å². The van der Waals surface area contributed by atoms with Crippen LogP contribution in [0.1, 0.15) is 220 Å². The Labute approximate surface area is 242 Å². The van der Waals surface area contributed by atoms with Gasteiger partial charge in [0.1, 0.15) is 0 Å². The van der Waals surface area contributed by atoms with Gasteiger partial charge in [-0.05, 0) is 32.6 Å². The van der Waals surface area contributed by atoms with E-state index in [9.17, 15) is 0 Å². The molecular formula is C36H73Cl. The van der Waals surface area contributed by atoms with Crippen LogP contribution in [0.2, 0.25) is 0 Å². The monoisotopic (exact) mass is 541 g/mol. The van der Waals surface area contributed by atoms with Crippen molar-refractivity contribution in [3.63, 3.8) is 0 Å². The molecule has 0 amide bonds. The fraction of sp³-hybridized carbons (Fsp3) is 1.00. The van der Waals surface area contributed by atoms with Gasteiger partial charge in [-0.3, -0.25) is 0 Å². The smallest absolute Gasteiger partial charge is 0.0418 e. The molecule has 0 rings (SSSR count). The fourth-order valence-electron chi connectivity index (χ4n) is 6.00. The van der Waals surface area contributed by atoms with E-state index in [-0.39, 0.29) is 4.87 Å². The Morgan fingerprint density at radius 3 is 0.730 bits per heavy atom. The minimum absolute atomic E-state index is 0.0344. The van der Waals surface area contributed by atoms with E-state index in [1.54, 1.807) is 0 Å². The molecule has 1 heteroatoms. The third-order valence-corrected chi connectivity index (χ3v) is 9.09. The Morgan fingerprint density at radius 2 is 0.541 bits per heavy atom. The third kappa shape index (κ3) is 29.1. The summed E-state index contributed by atoms with van der Waals surface area (Å²) < 4.78 is 0. The SMILES string of the molecule is CCCCCCCCCCCCCCCCCCC(CCCCCCCCCCCCCC)C(C)(C)Cl. The zero-order chi connectivity index (χ0) is 27.3. The van der Waals surface area contributed by atoms with Crippen molar-refractivity contribution in [1.82, 2.24) is 0 Å². The molecule has 0 fully saturated rings. The standard InChI is InChI=1S/C36H73Cl/c1-5-7-9-11-13-15-17-19-20-21-22-24-26-28-30-32-34-35(36(3,4)37)33-31-29-27-25-23-18-16-14-12-10-8-6-2/h35H,5-34H2,1-4H3. The fourth-order valence-corrected chi connectivity index (χ4v) is 6.22. The Balaban J connectivity index is 3.51. The predicted molar refractivity (Wildman–Crippen MR) is 173 cm³/mol. The molecule has 224 valence electrons. The lowest BCUT2D eigenvalue weighted by Gasteiger charge is -2.28. The van der Waals surface area contributed by atoms with Gasteiger partial charge in [0.2, 0.25) is 0 Å². The van der Waals surface area contributed by atoms with Gasteiger partial charge >= 0.3 is 0 Å². The molecule has 0 nitrogen and oxygen atoms in total. The molecule has 0 aromatic rings. The number of rotatable bonds is 31. The Bertz CT molecular complexity index is 409. The molecule has 0 aliphatic rings. The molecule has 37 heavy (non-hydrogen) atoms. The van der Waals surface area contributed by atoms with E-state index in [1.807, 2.05) is 0 Å². The lowest BCUT2D eigenvalue weighted by molar-refractivity contribution is 0.334. The maximum Gasteiger partial charge on any atom is 0.0418 e. The molecule has 0 saturated carbocycles. The molecule has 0 aliphatic heterocycles. The van der Waals surface area contributed by atoms with Gasteiger partial charge in [-0.15, -0.1) is 11.6 Å². The first-order chi connectivity index (χ1) is 18.0. The summed E-state index contributed by atoms with van der Waals surface area (Å²) in [6.07, 6.45) is 43.1. The predicted octanol–water partition coefficient (Wildman–Crippen LogP) is 14.4. The van der Waals surface area contributed by atoms with Gasteiger partial charge in [-0.25, -0.2) is 0 Å². The highest BCUT2D eigenvalue weighted by Gasteiger charge is 2.25. The number of halogens is 1. The van der Waals surface area contributed by atoms with E-state index in [1.165, 1.54) is 193 Å². The number of unbranched alkanes of at least 4 members (excludes halogenated alkanes) is 26. The summed E-state index contributed by atoms with van der Waals surface area (Å²) in [4.78, 5) is -0.0344. The van der Waals surface area contributed by atoms with Crippen molar-refractivity contribution in [3.8, 4) is 0 Å². The van der Waals surface area contributed by atoms with Gasteiger partial charge in [0.15, 0.2) is 0 Å². The van der Waals surface area contributed by atoms with E-state index in [0.717, 1.165) is 0 Å². The highest BCUT2D eigenvalue weighted by atomic mass is 35.5. The summed E-state index contributed by atoms with van der Waals surface area (Å²) in [6, 6.07) is 0. The maximum absolute atomic E-state index is 6.81. The van der Waals surface area contributed by atoms with Crippen molar-refractivity contribution < 1.29 is 0 Å². The first-order valence-corrected chi connectivity index (χ1v) is 18.1. The van der Waals surface area contributed by atoms with Crippen LogP contribution in [-0.4, -0.2) is 4.87 Å². The highest BCUT2D eigenvalue weighted by molar-refractivity contribution is 6.23. The molecule has 0 aromatic carbocycles. The summed E-state index contributed by atoms with van der Waals surface area (Å²) in [5.41, 5.74) is 0. The van der Waals surface area contributed by atoms with Crippen LogP contribution in [0.25, 0.3) is 0 Å². The number of hydrogen-bond acceptors (Lipinski definition) is 0. The lowest BCUT2D eigenvalue weighted by Crippen LogP contribution is -2.24. The van der Waals surface area contributed by atoms with Crippen LogP contribution in [0.4, 0.5) is 0 Å². The quantitative estimate of drug-likeness (QED) is 0.0605. The van der Waals surface area contributed by atoms with E-state index in [0.29, 0.717) is 5.92 Å². The summed E-state index contributed by atoms with van der Waals surface area (Å²) in [5.74, 6) is 0.698. The van der Waals surface area contributed by atoms with Crippen molar-refractivity contribution in [2.75, 3.05) is 0 Å². The average molecular weight is 541 g/mol. The minimum atomic E-state index is -0.0344. The number of alkyl halides is 1. The van der Waals surface area contributed by atoms with Crippen LogP contribution in [0, 0.1) is 5.92 Å². The van der Waals surface area contributed by atoms with Gasteiger partial charge in [-0.2, -0.15) is 0 Å². The van der Waals surface area contributed by atoms with Crippen molar-refractivity contribution >= 4 is 11.6 Å². The van der Waals surface area contributed by atoms with Crippen LogP contribution in [0.15, 0.2) is 0 Å². The second-order valence-corrected chi connectivity index (χ2v) is 14.0. The molecule has 0 bridgehead atoms. The van der Waals surface area contributed by atoms with E-state index in [4.69, 9.17) is 11.6 Å². The normalized spacial score (nSPS) is 12.9. The molecular weight excluding hydrogens is 468 g/mol. The van der Waals surface area contributed by atoms with Crippen molar-refractivity contribution in [2.24, 2.45) is 5.92 Å². The topological polar surface area (TPSA) is 0 Å². The molecule has 0 saturated heterocycles. The Morgan fingerprint density at radius 1 is 0.351 bits per heavy atom. The van der Waals surface area contributed by atoms with E-state index >= 15 is 0 Å². The van der Waals surface area contributed by atoms with Crippen LogP contribution < -0.4 is 0 Å². The molecule has 0 spiro atoms. The second-order valence-electron chi connectivity index (χ2n) is 13.0. The first-order valence-electron chi connectivity index (χ1n) is 17.7.